The molecule has 2 heterocycles. The maximum absolute atomic E-state index is 12.0. The van der Waals surface area contributed by atoms with Crippen LogP contribution in [-0.4, -0.2) is 14.5 Å². The second-order valence-corrected chi connectivity index (χ2v) is 3.81. The SMILES string of the molecule is CCCCn1cnc2[nH]c(C)cc2c1=O. The van der Waals surface area contributed by atoms with E-state index in [-0.39, 0.29) is 5.56 Å². The number of hydrogen-bond acceptors (Lipinski definition) is 2. The van der Waals surface area contributed by atoms with Crippen molar-refractivity contribution in [1.29, 1.82) is 0 Å². The highest BCUT2D eigenvalue weighted by atomic mass is 16.1. The highest BCUT2D eigenvalue weighted by Gasteiger charge is 2.05. The minimum atomic E-state index is 0.0535. The first kappa shape index (κ1) is 9.96. The van der Waals surface area contributed by atoms with Crippen LogP contribution in [0, 0.1) is 6.92 Å². The van der Waals surface area contributed by atoms with Crippen LogP contribution in [0.5, 0.6) is 0 Å². The van der Waals surface area contributed by atoms with E-state index in [9.17, 15) is 4.79 Å². The topological polar surface area (TPSA) is 50.7 Å². The normalized spacial score (nSPS) is 11.1. The van der Waals surface area contributed by atoms with Gasteiger partial charge in [-0.25, -0.2) is 4.98 Å². The van der Waals surface area contributed by atoms with Gasteiger partial charge in [0.2, 0.25) is 0 Å². The van der Waals surface area contributed by atoms with Crippen molar-refractivity contribution >= 4 is 11.0 Å². The van der Waals surface area contributed by atoms with Crippen molar-refractivity contribution in [3.63, 3.8) is 0 Å². The minimum Gasteiger partial charge on any atom is -0.343 e. The summed E-state index contributed by atoms with van der Waals surface area (Å²) in [6, 6.07) is 1.85. The van der Waals surface area contributed by atoms with Crippen molar-refractivity contribution in [3.05, 3.63) is 28.4 Å². The molecule has 0 aromatic carbocycles. The number of rotatable bonds is 3. The van der Waals surface area contributed by atoms with Gasteiger partial charge in [-0.05, 0) is 19.4 Å². The molecule has 2 aromatic rings. The molecule has 2 aromatic heterocycles. The number of aryl methyl sites for hydroxylation is 2. The Bertz CT molecular complexity index is 524. The first-order chi connectivity index (χ1) is 7.22. The van der Waals surface area contributed by atoms with Crippen LogP contribution in [-0.2, 0) is 6.54 Å². The molecule has 0 atom stereocenters. The highest BCUT2D eigenvalue weighted by Crippen LogP contribution is 2.07. The van der Waals surface area contributed by atoms with E-state index >= 15 is 0 Å². The van der Waals surface area contributed by atoms with Crippen LogP contribution in [0.3, 0.4) is 0 Å². The molecule has 0 saturated carbocycles. The standard InChI is InChI=1S/C11H15N3O/c1-3-4-5-14-7-12-10-9(11(14)15)6-8(2)13-10/h6-7,13H,3-5H2,1-2H3. The molecule has 0 radical (unpaired) electrons. The molecule has 0 unspecified atom stereocenters. The number of aromatic amines is 1. The lowest BCUT2D eigenvalue weighted by molar-refractivity contribution is 0.608. The molecule has 0 spiro atoms. The van der Waals surface area contributed by atoms with Gasteiger partial charge in [0.25, 0.3) is 5.56 Å². The second kappa shape index (κ2) is 3.88. The quantitative estimate of drug-likeness (QED) is 0.831. The Balaban J connectivity index is 2.50. The Morgan fingerprint density at radius 3 is 3.07 bits per heavy atom. The van der Waals surface area contributed by atoms with Crippen LogP contribution in [0.4, 0.5) is 0 Å². The molecule has 0 aliphatic rings. The molecule has 80 valence electrons. The minimum absolute atomic E-state index is 0.0535. The Kier molecular flexibility index (Phi) is 2.58. The summed E-state index contributed by atoms with van der Waals surface area (Å²) in [6.07, 6.45) is 3.71. The number of unbranched alkanes of at least 4 members (excludes halogenated alkanes) is 1. The number of hydrogen-bond donors (Lipinski definition) is 1. The molecular weight excluding hydrogens is 190 g/mol. The molecule has 0 saturated heterocycles. The lowest BCUT2D eigenvalue weighted by Gasteiger charge is -2.02. The maximum atomic E-state index is 12.0. The average molecular weight is 205 g/mol. The zero-order valence-corrected chi connectivity index (χ0v) is 9.08. The summed E-state index contributed by atoms with van der Waals surface area (Å²) in [7, 11) is 0. The summed E-state index contributed by atoms with van der Waals surface area (Å²) >= 11 is 0. The predicted octanol–water partition coefficient (Wildman–Crippen LogP) is 1.83. The second-order valence-electron chi connectivity index (χ2n) is 3.81. The van der Waals surface area contributed by atoms with Gasteiger partial charge in [0, 0.05) is 12.2 Å². The fourth-order valence-electron chi connectivity index (χ4n) is 1.66. The molecule has 0 aliphatic carbocycles. The van der Waals surface area contributed by atoms with Gasteiger partial charge in [-0.1, -0.05) is 13.3 Å². The summed E-state index contributed by atoms with van der Waals surface area (Å²) in [4.78, 5) is 19.2. The lowest BCUT2D eigenvalue weighted by Crippen LogP contribution is -2.20. The van der Waals surface area contributed by atoms with Gasteiger partial charge in [0.15, 0.2) is 0 Å². The Morgan fingerprint density at radius 1 is 1.53 bits per heavy atom. The van der Waals surface area contributed by atoms with Gasteiger partial charge in [0.05, 0.1) is 11.7 Å². The summed E-state index contributed by atoms with van der Waals surface area (Å²) in [5.74, 6) is 0. The molecule has 2 rings (SSSR count). The van der Waals surface area contributed by atoms with Gasteiger partial charge in [0.1, 0.15) is 5.65 Å². The van der Waals surface area contributed by atoms with Gasteiger partial charge in [-0.2, -0.15) is 0 Å². The summed E-state index contributed by atoms with van der Waals surface area (Å²) in [5.41, 5.74) is 1.71. The largest absolute Gasteiger partial charge is 0.343 e. The lowest BCUT2D eigenvalue weighted by atomic mass is 10.3. The van der Waals surface area contributed by atoms with Crippen LogP contribution in [0.15, 0.2) is 17.2 Å². The Hall–Kier alpha value is -1.58. The van der Waals surface area contributed by atoms with Crippen molar-refractivity contribution in [3.8, 4) is 0 Å². The molecular formula is C11H15N3O. The first-order valence-corrected chi connectivity index (χ1v) is 5.27. The molecule has 0 bridgehead atoms. The van der Waals surface area contributed by atoms with Crippen LogP contribution in [0.25, 0.3) is 11.0 Å². The van der Waals surface area contributed by atoms with Crippen molar-refractivity contribution in [1.82, 2.24) is 14.5 Å². The van der Waals surface area contributed by atoms with Crippen LogP contribution in [0.1, 0.15) is 25.5 Å². The third-order valence-corrected chi connectivity index (χ3v) is 2.50. The fraction of sp³-hybridized carbons (Fsp3) is 0.455. The summed E-state index contributed by atoms with van der Waals surface area (Å²) < 4.78 is 1.68. The molecule has 0 amide bonds. The van der Waals surface area contributed by atoms with E-state index in [4.69, 9.17) is 0 Å². The van der Waals surface area contributed by atoms with E-state index in [1.54, 1.807) is 10.9 Å². The molecule has 1 N–H and O–H groups in total. The van der Waals surface area contributed by atoms with Gasteiger partial charge in [-0.3, -0.25) is 9.36 Å². The molecule has 0 fully saturated rings. The van der Waals surface area contributed by atoms with Crippen molar-refractivity contribution < 1.29 is 0 Å². The third-order valence-electron chi connectivity index (χ3n) is 2.50. The number of nitrogens with one attached hydrogen (secondary N) is 1. The highest BCUT2D eigenvalue weighted by molar-refractivity contribution is 5.74. The third kappa shape index (κ3) is 1.79. The van der Waals surface area contributed by atoms with Gasteiger partial charge in [-0.15, -0.1) is 0 Å². The van der Waals surface area contributed by atoms with Crippen molar-refractivity contribution in [2.45, 2.75) is 33.2 Å². The predicted molar refractivity (Wildman–Crippen MR) is 60.0 cm³/mol. The number of nitrogens with zero attached hydrogens (tertiary/aromatic N) is 2. The first-order valence-electron chi connectivity index (χ1n) is 5.27. The zero-order chi connectivity index (χ0) is 10.8. The molecule has 15 heavy (non-hydrogen) atoms. The monoisotopic (exact) mass is 205 g/mol. The van der Waals surface area contributed by atoms with Crippen molar-refractivity contribution in [2.75, 3.05) is 0 Å². The van der Waals surface area contributed by atoms with E-state index in [1.807, 2.05) is 13.0 Å². The van der Waals surface area contributed by atoms with E-state index in [0.29, 0.717) is 11.0 Å². The summed E-state index contributed by atoms with van der Waals surface area (Å²) in [6.45, 7) is 4.79. The van der Waals surface area contributed by atoms with Gasteiger partial charge >= 0.3 is 0 Å². The van der Waals surface area contributed by atoms with Crippen LogP contribution < -0.4 is 5.56 Å². The smallest absolute Gasteiger partial charge is 0.262 e. The van der Waals surface area contributed by atoms with E-state index in [2.05, 4.69) is 16.9 Å². The average Bonchev–Trinajstić information content (AvgIpc) is 2.59. The zero-order valence-electron chi connectivity index (χ0n) is 9.08. The fourth-order valence-corrected chi connectivity index (χ4v) is 1.66. The number of aromatic nitrogens is 3. The van der Waals surface area contributed by atoms with Crippen LogP contribution in [0.2, 0.25) is 0 Å². The maximum Gasteiger partial charge on any atom is 0.262 e. The van der Waals surface area contributed by atoms with E-state index in [1.165, 1.54) is 0 Å². The van der Waals surface area contributed by atoms with Crippen molar-refractivity contribution in [2.24, 2.45) is 0 Å². The van der Waals surface area contributed by atoms with Gasteiger partial charge < -0.3 is 4.98 Å². The summed E-state index contributed by atoms with van der Waals surface area (Å²) in [5, 5.41) is 0.686. The number of fused-ring (bicyclic) bond motifs is 1. The molecule has 4 nitrogen and oxygen atoms in total. The number of H-pyrrole nitrogens is 1. The van der Waals surface area contributed by atoms with Crippen LogP contribution >= 0.6 is 0 Å². The molecule has 0 aliphatic heterocycles. The molecule has 4 heteroatoms. The Morgan fingerprint density at radius 2 is 2.33 bits per heavy atom. The van der Waals surface area contributed by atoms with E-state index in [0.717, 1.165) is 25.1 Å². The van der Waals surface area contributed by atoms with E-state index < -0.39 is 0 Å². The Labute approximate surface area is 88.0 Å².